The molecule has 2 aromatic carbocycles. The lowest BCUT2D eigenvalue weighted by atomic mass is 10.2. The summed E-state index contributed by atoms with van der Waals surface area (Å²) in [5.74, 6) is 0.0271. The number of likely N-dealkylation sites (N-methyl/N-ethyl adjacent to an activating group) is 1. The molecule has 0 spiro atoms. The van der Waals surface area contributed by atoms with Crippen LogP contribution in [0.15, 0.2) is 42.5 Å². The molecule has 0 aliphatic carbocycles. The fourth-order valence-electron chi connectivity index (χ4n) is 2.27. The van der Waals surface area contributed by atoms with Gasteiger partial charge >= 0.3 is 0 Å². The SMILES string of the molecule is COc1cc(C=O)ccc1OCC(=O)N(C)CC(=O)Nc1ccc(C)cc1. The molecule has 0 heterocycles. The lowest BCUT2D eigenvalue weighted by molar-refractivity contribution is -0.135. The molecule has 142 valence electrons. The Morgan fingerprint density at radius 3 is 2.44 bits per heavy atom. The van der Waals surface area contributed by atoms with E-state index in [1.165, 1.54) is 25.1 Å². The topological polar surface area (TPSA) is 84.9 Å². The van der Waals surface area contributed by atoms with Gasteiger partial charge in [0.05, 0.1) is 13.7 Å². The molecule has 2 amide bonds. The number of aldehydes is 1. The van der Waals surface area contributed by atoms with Gasteiger partial charge in [-0.2, -0.15) is 0 Å². The largest absolute Gasteiger partial charge is 0.493 e. The lowest BCUT2D eigenvalue weighted by Crippen LogP contribution is -2.37. The molecule has 0 saturated carbocycles. The quantitative estimate of drug-likeness (QED) is 0.721. The summed E-state index contributed by atoms with van der Waals surface area (Å²) in [6.07, 6.45) is 0.692. The Morgan fingerprint density at radius 1 is 1.11 bits per heavy atom. The van der Waals surface area contributed by atoms with Crippen LogP contribution in [0.4, 0.5) is 5.69 Å². The fraction of sp³-hybridized carbons (Fsp3) is 0.250. The average Bonchev–Trinajstić information content (AvgIpc) is 2.67. The predicted octanol–water partition coefficient (Wildman–Crippen LogP) is 2.29. The van der Waals surface area contributed by atoms with Crippen LogP contribution in [-0.2, 0) is 9.59 Å². The van der Waals surface area contributed by atoms with Gasteiger partial charge in [0.2, 0.25) is 5.91 Å². The predicted molar refractivity (Wildman–Crippen MR) is 101 cm³/mol. The van der Waals surface area contributed by atoms with Crippen molar-refractivity contribution in [1.82, 2.24) is 4.90 Å². The van der Waals surface area contributed by atoms with Crippen LogP contribution in [0.1, 0.15) is 15.9 Å². The Bertz CT molecular complexity index is 818. The smallest absolute Gasteiger partial charge is 0.260 e. The van der Waals surface area contributed by atoms with Crippen molar-refractivity contribution in [3.8, 4) is 11.5 Å². The Hall–Kier alpha value is -3.35. The molecule has 0 bridgehead atoms. The maximum absolute atomic E-state index is 12.2. The van der Waals surface area contributed by atoms with Crippen LogP contribution in [0.5, 0.6) is 11.5 Å². The first-order valence-corrected chi connectivity index (χ1v) is 8.29. The van der Waals surface area contributed by atoms with Crippen molar-refractivity contribution < 1.29 is 23.9 Å². The summed E-state index contributed by atoms with van der Waals surface area (Å²) >= 11 is 0. The van der Waals surface area contributed by atoms with Crippen molar-refractivity contribution in [2.75, 3.05) is 32.6 Å². The summed E-state index contributed by atoms with van der Waals surface area (Å²) in [7, 11) is 2.97. The number of anilines is 1. The molecular weight excluding hydrogens is 348 g/mol. The summed E-state index contributed by atoms with van der Waals surface area (Å²) in [6.45, 7) is 1.60. The van der Waals surface area contributed by atoms with E-state index < -0.39 is 0 Å². The van der Waals surface area contributed by atoms with Crippen molar-refractivity contribution in [2.45, 2.75) is 6.92 Å². The van der Waals surface area contributed by atoms with Crippen molar-refractivity contribution in [3.63, 3.8) is 0 Å². The summed E-state index contributed by atoms with van der Waals surface area (Å²) < 4.78 is 10.6. The molecule has 27 heavy (non-hydrogen) atoms. The Balaban J connectivity index is 1.87. The first kappa shape index (κ1) is 20.0. The van der Waals surface area contributed by atoms with Gasteiger partial charge in [0.25, 0.3) is 5.91 Å². The summed E-state index contributed by atoms with van der Waals surface area (Å²) in [4.78, 5) is 36.3. The minimum Gasteiger partial charge on any atom is -0.493 e. The number of hydrogen-bond donors (Lipinski definition) is 1. The summed E-state index contributed by atoms with van der Waals surface area (Å²) in [5.41, 5.74) is 2.20. The van der Waals surface area contributed by atoms with Gasteiger partial charge in [-0.05, 0) is 37.3 Å². The molecule has 0 fully saturated rings. The third-order valence-corrected chi connectivity index (χ3v) is 3.82. The van der Waals surface area contributed by atoms with Gasteiger partial charge in [-0.15, -0.1) is 0 Å². The van der Waals surface area contributed by atoms with Crippen LogP contribution in [0.25, 0.3) is 0 Å². The number of benzene rings is 2. The number of aryl methyl sites for hydroxylation is 1. The number of methoxy groups -OCH3 is 1. The van der Waals surface area contributed by atoms with Crippen LogP contribution in [0.3, 0.4) is 0 Å². The summed E-state index contributed by atoms with van der Waals surface area (Å²) in [6, 6.07) is 12.0. The van der Waals surface area contributed by atoms with Crippen molar-refractivity contribution in [2.24, 2.45) is 0 Å². The molecule has 0 saturated heterocycles. The van der Waals surface area contributed by atoms with Gasteiger partial charge < -0.3 is 19.7 Å². The molecule has 0 aliphatic heterocycles. The van der Waals surface area contributed by atoms with Gasteiger partial charge in [0.15, 0.2) is 18.1 Å². The number of carbonyl (C=O) groups excluding carboxylic acids is 3. The molecule has 0 radical (unpaired) electrons. The molecule has 7 heteroatoms. The molecule has 0 unspecified atom stereocenters. The second-order valence-corrected chi connectivity index (χ2v) is 5.98. The highest BCUT2D eigenvalue weighted by Crippen LogP contribution is 2.27. The standard InChI is InChI=1S/C20H22N2O5/c1-14-4-7-16(8-5-14)21-19(24)11-22(2)20(25)13-27-17-9-6-15(12-23)10-18(17)26-3/h4-10,12H,11,13H2,1-3H3,(H,21,24). The van der Waals surface area contributed by atoms with E-state index in [0.29, 0.717) is 29.0 Å². The molecule has 7 nitrogen and oxygen atoms in total. The Kier molecular flexibility index (Phi) is 6.93. The van der Waals surface area contributed by atoms with E-state index in [2.05, 4.69) is 5.32 Å². The van der Waals surface area contributed by atoms with Crippen molar-refractivity contribution in [1.29, 1.82) is 0 Å². The molecule has 0 aromatic heterocycles. The number of amides is 2. The van der Waals surface area contributed by atoms with Crippen LogP contribution in [0, 0.1) is 6.92 Å². The van der Waals surface area contributed by atoms with E-state index in [1.807, 2.05) is 19.1 Å². The van der Waals surface area contributed by atoms with Gasteiger partial charge in [-0.25, -0.2) is 0 Å². The molecule has 2 aromatic rings. The number of ether oxygens (including phenoxy) is 2. The maximum Gasteiger partial charge on any atom is 0.260 e. The Morgan fingerprint density at radius 2 is 1.81 bits per heavy atom. The first-order valence-electron chi connectivity index (χ1n) is 8.29. The molecule has 0 atom stereocenters. The zero-order chi connectivity index (χ0) is 19.8. The minimum absolute atomic E-state index is 0.0999. The van der Waals surface area contributed by atoms with E-state index in [-0.39, 0.29) is 25.0 Å². The van der Waals surface area contributed by atoms with Crippen LogP contribution in [-0.4, -0.2) is 50.3 Å². The second kappa shape index (κ2) is 9.38. The van der Waals surface area contributed by atoms with E-state index in [0.717, 1.165) is 5.56 Å². The molecule has 1 N–H and O–H groups in total. The third-order valence-electron chi connectivity index (χ3n) is 3.82. The number of nitrogens with zero attached hydrogens (tertiary/aromatic N) is 1. The highest BCUT2D eigenvalue weighted by molar-refractivity contribution is 5.94. The number of hydrogen-bond acceptors (Lipinski definition) is 5. The van der Waals surface area contributed by atoms with E-state index in [4.69, 9.17) is 9.47 Å². The van der Waals surface area contributed by atoms with E-state index in [1.54, 1.807) is 24.3 Å². The third kappa shape index (κ3) is 5.85. The number of nitrogens with one attached hydrogen (secondary N) is 1. The van der Waals surface area contributed by atoms with Crippen molar-refractivity contribution in [3.05, 3.63) is 53.6 Å². The maximum atomic E-state index is 12.2. The number of carbonyl (C=O) groups is 3. The van der Waals surface area contributed by atoms with Gasteiger partial charge in [-0.1, -0.05) is 17.7 Å². The monoisotopic (exact) mass is 370 g/mol. The van der Waals surface area contributed by atoms with Crippen LogP contribution < -0.4 is 14.8 Å². The van der Waals surface area contributed by atoms with Crippen LogP contribution in [0.2, 0.25) is 0 Å². The minimum atomic E-state index is -0.365. The first-order chi connectivity index (χ1) is 12.9. The molecular formula is C20H22N2O5. The average molecular weight is 370 g/mol. The fourth-order valence-corrected chi connectivity index (χ4v) is 2.27. The zero-order valence-electron chi connectivity index (χ0n) is 15.5. The number of rotatable bonds is 8. The second-order valence-electron chi connectivity index (χ2n) is 5.98. The molecule has 0 aliphatic rings. The van der Waals surface area contributed by atoms with Gasteiger partial charge in [0.1, 0.15) is 6.29 Å². The van der Waals surface area contributed by atoms with E-state index >= 15 is 0 Å². The zero-order valence-corrected chi connectivity index (χ0v) is 15.5. The summed E-state index contributed by atoms with van der Waals surface area (Å²) in [5, 5.41) is 2.73. The van der Waals surface area contributed by atoms with E-state index in [9.17, 15) is 14.4 Å². The Labute approximate surface area is 157 Å². The normalized spacial score (nSPS) is 10.0. The highest BCUT2D eigenvalue weighted by Gasteiger charge is 2.15. The van der Waals surface area contributed by atoms with Crippen molar-refractivity contribution >= 4 is 23.8 Å². The van der Waals surface area contributed by atoms with Crippen LogP contribution >= 0.6 is 0 Å². The van der Waals surface area contributed by atoms with Gasteiger partial charge in [0, 0.05) is 18.3 Å². The highest BCUT2D eigenvalue weighted by atomic mass is 16.5. The lowest BCUT2D eigenvalue weighted by Gasteiger charge is -2.18. The van der Waals surface area contributed by atoms with Gasteiger partial charge in [-0.3, -0.25) is 14.4 Å². The molecule has 2 rings (SSSR count).